The third-order valence-corrected chi connectivity index (χ3v) is 6.29. The fraction of sp³-hybridized carbons (Fsp3) is 0.125. The zero-order chi connectivity index (χ0) is 16.6. The minimum absolute atomic E-state index is 0.129. The van der Waals surface area contributed by atoms with Crippen LogP contribution in [0.2, 0.25) is 0 Å². The average Bonchev–Trinajstić information content (AvgIpc) is 2.89. The number of sulfonamides is 1. The van der Waals surface area contributed by atoms with Crippen molar-refractivity contribution in [1.82, 2.24) is 4.31 Å². The number of rotatable bonds is 4. The summed E-state index contributed by atoms with van der Waals surface area (Å²) < 4.78 is 53.7. The molecular weight excluding hydrogens is 340 g/mol. The standard InChI is InChI=1S/C16H13F2NO2S2/c1-19(9-11-10-22-16-5-3-2-4-15(11)16)23(20,21)14-7-12(17)6-13(18)8-14/h2-8,10H,9H2,1H3. The highest BCUT2D eigenvalue weighted by Crippen LogP contribution is 2.28. The van der Waals surface area contributed by atoms with Gasteiger partial charge in [-0.2, -0.15) is 4.31 Å². The van der Waals surface area contributed by atoms with Crippen molar-refractivity contribution in [2.45, 2.75) is 11.4 Å². The Hall–Kier alpha value is -1.83. The molecule has 3 rings (SSSR count). The second-order valence-electron chi connectivity index (χ2n) is 5.12. The van der Waals surface area contributed by atoms with Crippen molar-refractivity contribution in [3.8, 4) is 0 Å². The highest BCUT2D eigenvalue weighted by atomic mass is 32.2. The molecule has 0 amide bonds. The molecule has 23 heavy (non-hydrogen) atoms. The summed E-state index contributed by atoms with van der Waals surface area (Å²) >= 11 is 1.53. The minimum atomic E-state index is -3.97. The lowest BCUT2D eigenvalue weighted by atomic mass is 10.2. The molecule has 0 radical (unpaired) electrons. The van der Waals surface area contributed by atoms with Gasteiger partial charge in [-0.05, 0) is 34.5 Å². The second-order valence-corrected chi connectivity index (χ2v) is 8.08. The van der Waals surface area contributed by atoms with Gasteiger partial charge in [-0.1, -0.05) is 18.2 Å². The second kappa shape index (κ2) is 5.99. The Bertz CT molecular complexity index is 947. The molecule has 0 bridgehead atoms. The van der Waals surface area contributed by atoms with Crippen LogP contribution >= 0.6 is 11.3 Å². The summed E-state index contributed by atoms with van der Waals surface area (Å²) in [4.78, 5) is -0.392. The summed E-state index contributed by atoms with van der Waals surface area (Å²) in [6, 6.07) is 9.96. The van der Waals surface area contributed by atoms with Crippen LogP contribution in [0, 0.1) is 11.6 Å². The maximum absolute atomic E-state index is 13.3. The molecule has 120 valence electrons. The van der Waals surface area contributed by atoms with E-state index in [1.165, 1.54) is 18.4 Å². The van der Waals surface area contributed by atoms with Crippen molar-refractivity contribution in [2.24, 2.45) is 0 Å². The number of nitrogens with zero attached hydrogens (tertiary/aromatic N) is 1. The molecule has 0 saturated carbocycles. The third-order valence-electron chi connectivity index (χ3n) is 3.50. The van der Waals surface area contributed by atoms with E-state index in [1.807, 2.05) is 29.6 Å². The van der Waals surface area contributed by atoms with Crippen LogP contribution in [0.3, 0.4) is 0 Å². The van der Waals surface area contributed by atoms with Gasteiger partial charge >= 0.3 is 0 Å². The molecule has 2 aromatic carbocycles. The molecule has 0 aliphatic rings. The molecule has 1 heterocycles. The van der Waals surface area contributed by atoms with Gasteiger partial charge in [-0.25, -0.2) is 17.2 Å². The van der Waals surface area contributed by atoms with Crippen LogP contribution in [0.15, 0.2) is 52.7 Å². The lowest BCUT2D eigenvalue weighted by Gasteiger charge is -2.17. The van der Waals surface area contributed by atoms with Crippen molar-refractivity contribution >= 4 is 31.4 Å². The molecule has 7 heteroatoms. The number of hydrogen-bond acceptors (Lipinski definition) is 3. The molecule has 0 spiro atoms. The molecule has 0 aliphatic carbocycles. The van der Waals surface area contributed by atoms with Crippen molar-refractivity contribution in [3.63, 3.8) is 0 Å². The fourth-order valence-corrected chi connectivity index (χ4v) is 4.48. The SMILES string of the molecule is CN(Cc1csc2ccccc12)S(=O)(=O)c1cc(F)cc(F)c1. The Morgan fingerprint density at radius 2 is 1.74 bits per heavy atom. The van der Waals surface area contributed by atoms with Gasteiger partial charge in [0, 0.05) is 24.4 Å². The van der Waals surface area contributed by atoms with Crippen LogP contribution in [0.5, 0.6) is 0 Å². The Labute approximate surface area is 136 Å². The lowest BCUT2D eigenvalue weighted by Crippen LogP contribution is -2.26. The number of thiophene rings is 1. The van der Waals surface area contributed by atoms with Crippen LogP contribution in [0.25, 0.3) is 10.1 Å². The fourth-order valence-electron chi connectivity index (χ4n) is 2.34. The van der Waals surface area contributed by atoms with Crippen molar-refractivity contribution in [2.75, 3.05) is 7.05 Å². The number of hydrogen-bond donors (Lipinski definition) is 0. The largest absolute Gasteiger partial charge is 0.243 e. The van der Waals surface area contributed by atoms with Gasteiger partial charge in [-0.15, -0.1) is 11.3 Å². The van der Waals surface area contributed by atoms with E-state index < -0.39 is 26.6 Å². The van der Waals surface area contributed by atoms with Crippen molar-refractivity contribution in [1.29, 1.82) is 0 Å². The highest BCUT2D eigenvalue weighted by Gasteiger charge is 2.23. The number of halogens is 2. The lowest BCUT2D eigenvalue weighted by molar-refractivity contribution is 0.466. The van der Waals surface area contributed by atoms with E-state index in [-0.39, 0.29) is 6.54 Å². The summed E-state index contributed by atoms with van der Waals surface area (Å²) in [6.45, 7) is 0.129. The predicted molar refractivity (Wildman–Crippen MR) is 86.8 cm³/mol. The van der Waals surface area contributed by atoms with E-state index >= 15 is 0 Å². The monoisotopic (exact) mass is 353 g/mol. The van der Waals surface area contributed by atoms with Gasteiger partial charge in [0.2, 0.25) is 10.0 Å². The van der Waals surface area contributed by atoms with Crippen molar-refractivity contribution < 1.29 is 17.2 Å². The topological polar surface area (TPSA) is 37.4 Å². The summed E-state index contributed by atoms with van der Waals surface area (Å²) in [5.41, 5.74) is 0.855. The molecular formula is C16H13F2NO2S2. The summed E-state index contributed by atoms with van der Waals surface area (Å²) in [7, 11) is -2.58. The van der Waals surface area contributed by atoms with E-state index in [0.29, 0.717) is 6.07 Å². The predicted octanol–water partition coefficient (Wildman–Crippen LogP) is 4.00. The Balaban J connectivity index is 1.94. The smallest absolute Gasteiger partial charge is 0.207 e. The average molecular weight is 353 g/mol. The van der Waals surface area contributed by atoms with Crippen LogP contribution in [0.1, 0.15) is 5.56 Å². The first-order valence-electron chi connectivity index (χ1n) is 6.75. The highest BCUT2D eigenvalue weighted by molar-refractivity contribution is 7.89. The van der Waals surface area contributed by atoms with E-state index in [0.717, 1.165) is 32.1 Å². The molecule has 3 aromatic rings. The molecule has 0 atom stereocenters. The molecule has 0 N–H and O–H groups in total. The molecule has 0 saturated heterocycles. The maximum atomic E-state index is 13.3. The van der Waals surface area contributed by atoms with E-state index in [1.54, 1.807) is 0 Å². The van der Waals surface area contributed by atoms with E-state index in [9.17, 15) is 17.2 Å². The molecule has 0 unspecified atom stereocenters. The Kier molecular flexibility index (Phi) is 4.18. The van der Waals surface area contributed by atoms with Gasteiger partial charge in [-0.3, -0.25) is 0 Å². The van der Waals surface area contributed by atoms with Gasteiger partial charge in [0.25, 0.3) is 0 Å². The number of fused-ring (bicyclic) bond motifs is 1. The zero-order valence-electron chi connectivity index (χ0n) is 12.2. The van der Waals surface area contributed by atoms with Crippen LogP contribution in [-0.4, -0.2) is 19.8 Å². The third kappa shape index (κ3) is 3.12. The van der Waals surface area contributed by atoms with E-state index in [4.69, 9.17) is 0 Å². The van der Waals surface area contributed by atoms with E-state index in [2.05, 4.69) is 0 Å². The number of benzene rings is 2. The first-order chi connectivity index (χ1) is 10.9. The van der Waals surface area contributed by atoms with Gasteiger partial charge in [0.05, 0.1) is 4.90 Å². The summed E-state index contributed by atoms with van der Waals surface area (Å²) in [5.74, 6) is -1.84. The summed E-state index contributed by atoms with van der Waals surface area (Å²) in [5, 5.41) is 2.87. The van der Waals surface area contributed by atoms with Crippen LogP contribution < -0.4 is 0 Å². The normalized spacial score (nSPS) is 12.2. The first-order valence-corrected chi connectivity index (χ1v) is 9.07. The van der Waals surface area contributed by atoms with Gasteiger partial charge < -0.3 is 0 Å². The molecule has 1 aromatic heterocycles. The molecule has 0 aliphatic heterocycles. The van der Waals surface area contributed by atoms with Gasteiger partial charge in [0.1, 0.15) is 11.6 Å². The van der Waals surface area contributed by atoms with Crippen molar-refractivity contribution in [3.05, 3.63) is 65.0 Å². The zero-order valence-corrected chi connectivity index (χ0v) is 13.8. The Morgan fingerprint density at radius 1 is 1.09 bits per heavy atom. The van der Waals surface area contributed by atoms with Gasteiger partial charge in [0.15, 0.2) is 0 Å². The maximum Gasteiger partial charge on any atom is 0.243 e. The molecule has 0 fully saturated rings. The Morgan fingerprint density at radius 3 is 2.43 bits per heavy atom. The van der Waals surface area contributed by atoms with Crippen LogP contribution in [-0.2, 0) is 16.6 Å². The minimum Gasteiger partial charge on any atom is -0.207 e. The molecule has 3 nitrogen and oxygen atoms in total. The first kappa shape index (κ1) is 16.0. The summed E-state index contributed by atoms with van der Waals surface area (Å²) in [6.07, 6.45) is 0. The quantitative estimate of drug-likeness (QED) is 0.711. The van der Waals surface area contributed by atoms with Crippen LogP contribution in [0.4, 0.5) is 8.78 Å².